The molecule has 6 rings (SSSR count). The van der Waals surface area contributed by atoms with Crippen molar-refractivity contribution in [1.29, 1.82) is 0 Å². The highest BCUT2D eigenvalue weighted by Gasteiger charge is 2.30. The van der Waals surface area contributed by atoms with Crippen LogP contribution in [0.15, 0.2) is 54.0 Å². The number of aliphatic carboxylic acids is 1. The fraction of sp³-hybridized carbons (Fsp3) is 0.355. The summed E-state index contributed by atoms with van der Waals surface area (Å²) in [6.45, 7) is 7.85. The third-order valence-corrected chi connectivity index (χ3v) is 9.20. The van der Waals surface area contributed by atoms with Gasteiger partial charge >= 0.3 is 5.97 Å². The largest absolute Gasteiger partial charge is 0.487 e. The number of pyridine rings is 1. The maximum atomic E-state index is 12.2. The molecule has 0 spiro atoms. The van der Waals surface area contributed by atoms with E-state index in [0.717, 1.165) is 57.5 Å². The van der Waals surface area contributed by atoms with Gasteiger partial charge < -0.3 is 9.84 Å². The van der Waals surface area contributed by atoms with E-state index in [2.05, 4.69) is 57.6 Å². The lowest BCUT2D eigenvalue weighted by atomic mass is 9.84. The first kappa shape index (κ1) is 26.4. The Morgan fingerprint density at radius 3 is 2.90 bits per heavy atom. The van der Waals surface area contributed by atoms with Crippen molar-refractivity contribution in [3.8, 4) is 5.75 Å². The molecule has 40 heavy (non-hydrogen) atoms. The zero-order valence-corrected chi connectivity index (χ0v) is 24.0. The highest BCUT2D eigenvalue weighted by molar-refractivity contribution is 7.17. The van der Waals surface area contributed by atoms with Gasteiger partial charge in [0.05, 0.1) is 23.7 Å². The number of aryl methyl sites for hydroxylation is 2. The molecule has 0 radical (unpaired) electrons. The van der Waals surface area contributed by atoms with Crippen LogP contribution in [0.5, 0.6) is 5.75 Å². The summed E-state index contributed by atoms with van der Waals surface area (Å²) in [5, 5.41) is 21.8. The summed E-state index contributed by atoms with van der Waals surface area (Å²) in [4.78, 5) is 19.3. The first-order valence-electron chi connectivity index (χ1n) is 13.7. The number of thiophene rings is 1. The summed E-state index contributed by atoms with van der Waals surface area (Å²) < 4.78 is 9.32. The van der Waals surface area contributed by atoms with Crippen molar-refractivity contribution in [3.05, 3.63) is 82.0 Å². The van der Waals surface area contributed by atoms with Crippen molar-refractivity contribution in [2.75, 3.05) is 6.54 Å². The minimum atomic E-state index is -0.831. The number of hydrogen-bond donors (Lipinski definition) is 1. The molecule has 1 N–H and O–H groups in total. The topological polar surface area (TPSA) is 93.4 Å². The molecule has 0 bridgehead atoms. The van der Waals surface area contributed by atoms with Crippen molar-refractivity contribution >= 4 is 38.4 Å². The van der Waals surface area contributed by atoms with Crippen LogP contribution in [0.25, 0.3) is 21.1 Å². The van der Waals surface area contributed by atoms with Crippen molar-refractivity contribution in [1.82, 2.24) is 24.9 Å². The Kier molecular flexibility index (Phi) is 7.02. The number of hydrogen-bond acceptors (Lipinski definition) is 7. The number of carbonyl (C=O) groups is 1. The van der Waals surface area contributed by atoms with Gasteiger partial charge in [-0.2, -0.15) is 0 Å². The van der Waals surface area contributed by atoms with Crippen molar-refractivity contribution in [2.45, 2.75) is 58.2 Å². The zero-order chi connectivity index (χ0) is 28.0. The average Bonchev–Trinajstić information content (AvgIpc) is 3.55. The van der Waals surface area contributed by atoms with Crippen LogP contribution in [0.4, 0.5) is 0 Å². The third-order valence-electron chi connectivity index (χ3n) is 8.19. The van der Waals surface area contributed by atoms with Gasteiger partial charge in [0.25, 0.3) is 0 Å². The monoisotopic (exact) mass is 555 g/mol. The number of aromatic nitrogens is 4. The molecule has 0 amide bonds. The maximum absolute atomic E-state index is 12.2. The second kappa shape index (κ2) is 10.6. The minimum Gasteiger partial charge on any atom is -0.487 e. The van der Waals surface area contributed by atoms with Crippen LogP contribution in [0.2, 0.25) is 0 Å². The fourth-order valence-corrected chi connectivity index (χ4v) is 6.86. The summed E-state index contributed by atoms with van der Waals surface area (Å²) >= 11 is 1.73. The summed E-state index contributed by atoms with van der Waals surface area (Å²) in [5.74, 6) is -0.291. The van der Waals surface area contributed by atoms with Gasteiger partial charge in [-0.1, -0.05) is 24.3 Å². The van der Waals surface area contributed by atoms with Crippen molar-refractivity contribution in [2.24, 2.45) is 7.05 Å². The normalized spacial score (nSPS) is 18.4. The second-order valence-corrected chi connectivity index (χ2v) is 11.6. The minimum absolute atomic E-state index is 0.00907. The van der Waals surface area contributed by atoms with Crippen LogP contribution in [0, 0.1) is 6.92 Å². The van der Waals surface area contributed by atoms with E-state index in [9.17, 15) is 9.90 Å². The van der Waals surface area contributed by atoms with Gasteiger partial charge in [0.15, 0.2) is 0 Å². The van der Waals surface area contributed by atoms with Crippen LogP contribution < -0.4 is 4.74 Å². The number of rotatable bonds is 7. The number of carboxylic acid groups (broad SMARTS) is 1. The van der Waals surface area contributed by atoms with E-state index >= 15 is 0 Å². The van der Waals surface area contributed by atoms with Gasteiger partial charge in [-0.3, -0.25) is 14.7 Å². The molecule has 0 fully saturated rings. The Hall–Kier alpha value is -3.82. The molecular weight excluding hydrogens is 522 g/mol. The molecule has 2 aromatic carbocycles. The number of nitrogens with zero attached hydrogens (tertiary/aromatic N) is 5. The standard InChI is InChI=1S/C31H33N5O3S/c1-5-23-17-36(19(3)30-27(39-23)7-6-11-32-30)16-22-14-21(13-20-10-12-40-31(20)22)25(15-28(37)38)24-8-9-26-29(18(24)2)33-34-35(26)4/h6-14,19,23,25H,5,15-17H2,1-4H3,(H,37,38)/t19-,23-,25?/m1/s1. The van der Waals surface area contributed by atoms with Gasteiger partial charge in [-0.25, -0.2) is 4.68 Å². The maximum Gasteiger partial charge on any atom is 0.304 e. The SMILES string of the molecule is CC[C@@H]1CN(Cc2cc(C(CC(=O)O)c3ccc4c(nnn4C)c3C)cc3ccsc23)[C@H](C)c2ncccc2O1. The number of carboxylic acids is 1. The van der Waals surface area contributed by atoms with Crippen LogP contribution >= 0.6 is 11.3 Å². The molecule has 3 aromatic heterocycles. The molecule has 9 heteroatoms. The zero-order valence-electron chi connectivity index (χ0n) is 23.2. The van der Waals surface area contributed by atoms with E-state index in [1.807, 2.05) is 44.4 Å². The van der Waals surface area contributed by atoms with E-state index in [1.54, 1.807) is 16.0 Å². The summed E-state index contributed by atoms with van der Waals surface area (Å²) in [5.41, 5.74) is 6.82. The lowest BCUT2D eigenvalue weighted by molar-refractivity contribution is -0.137. The van der Waals surface area contributed by atoms with E-state index in [0.29, 0.717) is 6.54 Å². The Morgan fingerprint density at radius 1 is 1.25 bits per heavy atom. The van der Waals surface area contributed by atoms with Gasteiger partial charge in [0.1, 0.15) is 17.4 Å². The Labute approximate surface area is 237 Å². The number of benzene rings is 2. The predicted octanol–water partition coefficient (Wildman–Crippen LogP) is 6.23. The van der Waals surface area contributed by atoms with Crippen molar-refractivity contribution in [3.63, 3.8) is 0 Å². The van der Waals surface area contributed by atoms with Gasteiger partial charge in [-0.05, 0) is 83.6 Å². The van der Waals surface area contributed by atoms with E-state index in [1.165, 1.54) is 10.3 Å². The summed E-state index contributed by atoms with van der Waals surface area (Å²) in [6.07, 6.45) is 2.78. The Bertz CT molecular complexity index is 1710. The van der Waals surface area contributed by atoms with Crippen LogP contribution in [-0.2, 0) is 18.4 Å². The molecular formula is C31H33N5O3S. The Balaban J connectivity index is 1.44. The molecule has 4 heterocycles. The number of fused-ring (bicyclic) bond motifs is 3. The Morgan fingerprint density at radius 2 is 2.10 bits per heavy atom. The summed E-state index contributed by atoms with van der Waals surface area (Å²) in [7, 11) is 1.87. The fourth-order valence-electron chi connectivity index (χ4n) is 5.97. The van der Waals surface area contributed by atoms with Crippen LogP contribution in [-0.4, -0.2) is 48.6 Å². The quantitative estimate of drug-likeness (QED) is 0.255. The van der Waals surface area contributed by atoms with E-state index < -0.39 is 5.97 Å². The van der Waals surface area contributed by atoms with Crippen LogP contribution in [0.1, 0.15) is 66.6 Å². The molecule has 8 nitrogen and oxygen atoms in total. The van der Waals surface area contributed by atoms with Gasteiger partial charge in [0.2, 0.25) is 0 Å². The first-order valence-corrected chi connectivity index (χ1v) is 14.6. The third kappa shape index (κ3) is 4.73. The molecule has 0 aliphatic carbocycles. The first-order chi connectivity index (χ1) is 19.3. The van der Waals surface area contributed by atoms with Crippen LogP contribution in [0.3, 0.4) is 0 Å². The molecule has 0 saturated heterocycles. The van der Waals surface area contributed by atoms with Gasteiger partial charge in [0, 0.05) is 37.0 Å². The lowest BCUT2D eigenvalue weighted by Crippen LogP contribution is -2.34. The molecule has 0 saturated carbocycles. The summed E-state index contributed by atoms with van der Waals surface area (Å²) in [6, 6.07) is 14.5. The molecule has 3 atom stereocenters. The van der Waals surface area contributed by atoms with Gasteiger partial charge in [-0.15, -0.1) is 16.4 Å². The molecule has 1 aliphatic rings. The smallest absolute Gasteiger partial charge is 0.304 e. The molecule has 5 aromatic rings. The van der Waals surface area contributed by atoms with E-state index in [4.69, 9.17) is 4.74 Å². The van der Waals surface area contributed by atoms with Crippen molar-refractivity contribution < 1.29 is 14.6 Å². The molecule has 1 unspecified atom stereocenters. The van der Waals surface area contributed by atoms with E-state index in [-0.39, 0.29) is 24.5 Å². The second-order valence-electron chi connectivity index (χ2n) is 10.7. The average molecular weight is 556 g/mol. The lowest BCUT2D eigenvalue weighted by Gasteiger charge is -2.29. The number of ether oxygens (including phenoxy) is 1. The molecule has 1 aliphatic heterocycles. The predicted molar refractivity (Wildman–Crippen MR) is 157 cm³/mol. The highest BCUT2D eigenvalue weighted by Crippen LogP contribution is 2.39. The molecule has 206 valence electrons. The highest BCUT2D eigenvalue weighted by atomic mass is 32.1.